The lowest BCUT2D eigenvalue weighted by molar-refractivity contribution is -0.116. The van der Waals surface area contributed by atoms with Gasteiger partial charge in [0.1, 0.15) is 0 Å². The first kappa shape index (κ1) is 18.5. The number of amides is 2. The maximum Gasteiger partial charge on any atom is 0.255 e. The summed E-state index contributed by atoms with van der Waals surface area (Å²) in [5.74, 6) is 1.10. The van der Waals surface area contributed by atoms with Crippen LogP contribution < -0.4 is 20.1 Å². The van der Waals surface area contributed by atoms with Crippen LogP contribution in [0.1, 0.15) is 22.3 Å². The summed E-state index contributed by atoms with van der Waals surface area (Å²) in [5, 5.41) is 5.61. The summed E-state index contributed by atoms with van der Waals surface area (Å²) >= 11 is 0. The molecule has 4 rings (SSSR count). The van der Waals surface area contributed by atoms with E-state index in [1.165, 1.54) is 0 Å². The lowest BCUT2D eigenvalue weighted by Crippen LogP contribution is -2.14. The second kappa shape index (κ2) is 8.43. The number of anilines is 2. The molecule has 2 N–H and O–H groups in total. The summed E-state index contributed by atoms with van der Waals surface area (Å²) < 4.78 is 10.6. The number of aryl methyl sites for hydroxylation is 1. The van der Waals surface area contributed by atoms with E-state index in [0.29, 0.717) is 35.5 Å². The molecule has 1 aromatic heterocycles. The van der Waals surface area contributed by atoms with E-state index in [4.69, 9.17) is 9.47 Å². The van der Waals surface area contributed by atoms with Crippen LogP contribution in [0, 0.1) is 0 Å². The molecule has 0 bridgehead atoms. The van der Waals surface area contributed by atoms with Crippen LogP contribution in [0.15, 0.2) is 67.0 Å². The van der Waals surface area contributed by atoms with Crippen molar-refractivity contribution in [2.24, 2.45) is 0 Å². The quantitative estimate of drug-likeness (QED) is 0.672. The fourth-order valence-electron chi connectivity index (χ4n) is 2.92. The molecule has 29 heavy (non-hydrogen) atoms. The molecule has 0 radical (unpaired) electrons. The van der Waals surface area contributed by atoms with Gasteiger partial charge in [-0.1, -0.05) is 6.07 Å². The first-order valence-electron chi connectivity index (χ1n) is 9.17. The van der Waals surface area contributed by atoms with Crippen molar-refractivity contribution < 1.29 is 19.1 Å². The SMILES string of the molecule is O=C(CCc1ccc2c(c1)OCO2)Nc1ccc(C(=O)Nc2cccnc2)cc1. The Hall–Kier alpha value is -3.87. The van der Waals surface area contributed by atoms with Crippen molar-refractivity contribution in [3.05, 3.63) is 78.1 Å². The summed E-state index contributed by atoms with van der Waals surface area (Å²) in [4.78, 5) is 28.4. The van der Waals surface area contributed by atoms with Gasteiger partial charge in [0.05, 0.1) is 11.9 Å². The van der Waals surface area contributed by atoms with E-state index in [9.17, 15) is 9.59 Å². The van der Waals surface area contributed by atoms with Gasteiger partial charge in [0.2, 0.25) is 12.7 Å². The van der Waals surface area contributed by atoms with Crippen LogP contribution in [-0.4, -0.2) is 23.6 Å². The van der Waals surface area contributed by atoms with Gasteiger partial charge < -0.3 is 20.1 Å². The Morgan fingerprint density at radius 2 is 1.76 bits per heavy atom. The largest absolute Gasteiger partial charge is 0.454 e. The highest BCUT2D eigenvalue weighted by Crippen LogP contribution is 2.32. The highest BCUT2D eigenvalue weighted by molar-refractivity contribution is 6.04. The average molecular weight is 389 g/mol. The third-order valence-corrected chi connectivity index (χ3v) is 4.43. The predicted molar refractivity (Wildman–Crippen MR) is 108 cm³/mol. The molecule has 0 fully saturated rings. The van der Waals surface area contributed by atoms with Gasteiger partial charge in [-0.05, 0) is 60.5 Å². The maximum absolute atomic E-state index is 12.2. The van der Waals surface area contributed by atoms with Crippen molar-refractivity contribution in [2.75, 3.05) is 17.4 Å². The van der Waals surface area contributed by atoms with Gasteiger partial charge in [-0.3, -0.25) is 14.6 Å². The van der Waals surface area contributed by atoms with Crippen LogP contribution in [0.2, 0.25) is 0 Å². The Kier molecular flexibility index (Phi) is 5.38. The molecule has 0 aliphatic carbocycles. The van der Waals surface area contributed by atoms with Gasteiger partial charge in [-0.2, -0.15) is 0 Å². The number of pyridine rings is 1. The lowest BCUT2D eigenvalue weighted by atomic mass is 10.1. The Morgan fingerprint density at radius 3 is 2.55 bits per heavy atom. The Morgan fingerprint density at radius 1 is 0.931 bits per heavy atom. The zero-order valence-electron chi connectivity index (χ0n) is 15.6. The monoisotopic (exact) mass is 389 g/mol. The van der Waals surface area contributed by atoms with Crippen LogP contribution in [0.5, 0.6) is 11.5 Å². The number of carbonyl (C=O) groups excluding carboxylic acids is 2. The molecule has 0 spiro atoms. The van der Waals surface area contributed by atoms with E-state index in [-0.39, 0.29) is 18.6 Å². The zero-order valence-corrected chi connectivity index (χ0v) is 15.6. The molecular formula is C22H19N3O4. The molecule has 0 atom stereocenters. The van der Waals surface area contributed by atoms with Crippen molar-refractivity contribution in [1.82, 2.24) is 4.98 Å². The van der Waals surface area contributed by atoms with Crippen molar-refractivity contribution in [3.63, 3.8) is 0 Å². The predicted octanol–water partition coefficient (Wildman–Crippen LogP) is 3.63. The van der Waals surface area contributed by atoms with Crippen molar-refractivity contribution in [3.8, 4) is 11.5 Å². The second-order valence-corrected chi connectivity index (χ2v) is 6.51. The molecule has 0 unspecified atom stereocenters. The van der Waals surface area contributed by atoms with Crippen LogP contribution >= 0.6 is 0 Å². The van der Waals surface area contributed by atoms with Gasteiger partial charge in [0.25, 0.3) is 5.91 Å². The first-order chi connectivity index (χ1) is 14.2. The smallest absolute Gasteiger partial charge is 0.255 e. The third-order valence-electron chi connectivity index (χ3n) is 4.43. The van der Waals surface area contributed by atoms with Crippen LogP contribution in [0.25, 0.3) is 0 Å². The van der Waals surface area contributed by atoms with E-state index in [1.807, 2.05) is 18.2 Å². The van der Waals surface area contributed by atoms with E-state index in [0.717, 1.165) is 11.3 Å². The molecule has 7 heteroatoms. The molecule has 0 saturated carbocycles. The van der Waals surface area contributed by atoms with E-state index in [2.05, 4.69) is 15.6 Å². The van der Waals surface area contributed by atoms with E-state index < -0.39 is 0 Å². The van der Waals surface area contributed by atoms with Crippen molar-refractivity contribution >= 4 is 23.2 Å². The number of ether oxygens (including phenoxy) is 2. The fraction of sp³-hybridized carbons (Fsp3) is 0.136. The number of hydrogen-bond acceptors (Lipinski definition) is 5. The molecule has 3 aromatic rings. The van der Waals surface area contributed by atoms with Crippen LogP contribution in [0.4, 0.5) is 11.4 Å². The number of benzene rings is 2. The summed E-state index contributed by atoms with van der Waals surface area (Å²) in [6, 6.07) is 15.9. The normalized spacial score (nSPS) is 11.7. The van der Waals surface area contributed by atoms with Crippen molar-refractivity contribution in [1.29, 1.82) is 0 Å². The minimum atomic E-state index is -0.237. The highest BCUT2D eigenvalue weighted by atomic mass is 16.7. The minimum Gasteiger partial charge on any atom is -0.454 e. The molecule has 0 saturated heterocycles. The number of hydrogen-bond donors (Lipinski definition) is 2. The average Bonchev–Trinajstić information content (AvgIpc) is 3.21. The molecule has 2 aromatic carbocycles. The summed E-state index contributed by atoms with van der Waals surface area (Å²) in [7, 11) is 0. The Labute approximate surface area is 167 Å². The van der Waals surface area contributed by atoms with Gasteiger partial charge in [0.15, 0.2) is 11.5 Å². The number of aromatic nitrogens is 1. The molecule has 2 amide bonds. The van der Waals surface area contributed by atoms with Gasteiger partial charge in [0, 0.05) is 23.9 Å². The fourth-order valence-corrected chi connectivity index (χ4v) is 2.92. The number of rotatable bonds is 6. The number of nitrogens with one attached hydrogen (secondary N) is 2. The minimum absolute atomic E-state index is 0.102. The highest BCUT2D eigenvalue weighted by Gasteiger charge is 2.14. The Balaban J connectivity index is 1.29. The summed E-state index contributed by atoms with van der Waals surface area (Å²) in [5.41, 5.74) is 2.76. The summed E-state index contributed by atoms with van der Waals surface area (Å²) in [6.45, 7) is 0.232. The number of carbonyl (C=O) groups is 2. The molecule has 7 nitrogen and oxygen atoms in total. The van der Waals surface area contributed by atoms with Gasteiger partial charge in [-0.25, -0.2) is 0 Å². The Bertz CT molecular complexity index is 1020. The first-order valence-corrected chi connectivity index (χ1v) is 9.17. The van der Waals surface area contributed by atoms with Crippen LogP contribution in [0.3, 0.4) is 0 Å². The number of fused-ring (bicyclic) bond motifs is 1. The van der Waals surface area contributed by atoms with Crippen molar-refractivity contribution in [2.45, 2.75) is 12.8 Å². The topological polar surface area (TPSA) is 89.5 Å². The third kappa shape index (κ3) is 4.70. The second-order valence-electron chi connectivity index (χ2n) is 6.51. The van der Waals surface area contributed by atoms with Gasteiger partial charge in [-0.15, -0.1) is 0 Å². The number of nitrogens with zero attached hydrogens (tertiary/aromatic N) is 1. The lowest BCUT2D eigenvalue weighted by Gasteiger charge is -2.08. The molecule has 1 aliphatic heterocycles. The maximum atomic E-state index is 12.2. The standard InChI is InChI=1S/C22H19N3O4/c26-21(10-4-15-3-9-19-20(12-15)29-14-28-19)24-17-7-5-16(6-8-17)22(27)25-18-2-1-11-23-13-18/h1-3,5-9,11-13H,4,10,14H2,(H,24,26)(H,25,27). The zero-order chi connectivity index (χ0) is 20.1. The van der Waals surface area contributed by atoms with Crippen LogP contribution in [-0.2, 0) is 11.2 Å². The molecule has 2 heterocycles. The molecular weight excluding hydrogens is 370 g/mol. The van der Waals surface area contributed by atoms with Gasteiger partial charge >= 0.3 is 0 Å². The molecule has 1 aliphatic rings. The molecule has 146 valence electrons. The summed E-state index contributed by atoms with van der Waals surface area (Å²) in [6.07, 6.45) is 4.14. The van der Waals surface area contributed by atoms with E-state index >= 15 is 0 Å². The van der Waals surface area contributed by atoms with E-state index in [1.54, 1.807) is 48.8 Å².